The van der Waals surface area contributed by atoms with Crippen LogP contribution in [-0.4, -0.2) is 32.9 Å². The number of hydrogen-bond acceptors (Lipinski definition) is 7. The number of imide groups is 1. The van der Waals surface area contributed by atoms with Crippen LogP contribution in [0.3, 0.4) is 0 Å². The van der Waals surface area contributed by atoms with Crippen LogP contribution in [0, 0.1) is 0 Å². The topological polar surface area (TPSA) is 131 Å². The molecule has 0 aliphatic carbocycles. The number of hydrogen-bond donors (Lipinski definition) is 3. The predicted octanol–water partition coefficient (Wildman–Crippen LogP) is 3.69. The maximum absolute atomic E-state index is 12.6. The Labute approximate surface area is 188 Å². The van der Waals surface area contributed by atoms with E-state index in [1.165, 1.54) is 42.5 Å². The van der Waals surface area contributed by atoms with Crippen molar-refractivity contribution in [3.8, 4) is 0 Å². The summed E-state index contributed by atoms with van der Waals surface area (Å²) in [4.78, 5) is 36.3. The Balaban J connectivity index is 1.67. The number of anilines is 2. The molecule has 3 rings (SSSR count). The zero-order chi connectivity index (χ0) is 23.1. The zero-order valence-electron chi connectivity index (χ0n) is 16.8. The van der Waals surface area contributed by atoms with Crippen LogP contribution in [-0.2, 0) is 14.8 Å². The van der Waals surface area contributed by atoms with Crippen LogP contribution in [0.2, 0.25) is 0 Å². The number of rotatable bonds is 7. The molecule has 0 fully saturated rings. The van der Waals surface area contributed by atoms with Crippen LogP contribution < -0.4 is 15.4 Å². The highest BCUT2D eigenvalue weighted by atomic mass is 32.2. The van der Waals surface area contributed by atoms with Gasteiger partial charge in [0.2, 0.25) is 0 Å². The number of nitrogens with one attached hydrogen (secondary N) is 3. The number of carbonyl (C=O) groups is 3. The lowest BCUT2D eigenvalue weighted by molar-refractivity contribution is 0.0926. The second kappa shape index (κ2) is 10.1. The second-order valence-corrected chi connectivity index (χ2v) is 8.89. The highest BCUT2D eigenvalue weighted by Crippen LogP contribution is 2.24. The first-order valence-electron chi connectivity index (χ1n) is 9.35. The van der Waals surface area contributed by atoms with Crippen LogP contribution in [0.4, 0.5) is 15.5 Å². The van der Waals surface area contributed by atoms with Crippen molar-refractivity contribution in [1.29, 1.82) is 0 Å². The van der Waals surface area contributed by atoms with Gasteiger partial charge in [0.15, 0.2) is 0 Å². The van der Waals surface area contributed by atoms with Crippen molar-refractivity contribution in [3.05, 3.63) is 77.2 Å². The van der Waals surface area contributed by atoms with E-state index in [2.05, 4.69) is 20.1 Å². The van der Waals surface area contributed by atoms with E-state index in [9.17, 15) is 22.8 Å². The van der Waals surface area contributed by atoms with E-state index in [-0.39, 0.29) is 33.3 Å². The zero-order valence-corrected chi connectivity index (χ0v) is 18.5. The molecule has 166 valence electrons. The Morgan fingerprint density at radius 2 is 1.62 bits per heavy atom. The molecule has 11 heteroatoms. The first-order chi connectivity index (χ1) is 15.3. The normalized spacial score (nSPS) is 10.8. The van der Waals surface area contributed by atoms with Crippen molar-refractivity contribution in [2.24, 2.45) is 0 Å². The molecule has 2 aromatic carbocycles. The van der Waals surface area contributed by atoms with Crippen molar-refractivity contribution < 1.29 is 27.5 Å². The molecule has 0 saturated heterocycles. The fourth-order valence-corrected chi connectivity index (χ4v) is 4.45. The smallest absolute Gasteiger partial charge is 0.414 e. The Morgan fingerprint density at radius 1 is 0.938 bits per heavy atom. The molecular weight excluding hydrogens is 454 g/mol. The molecule has 0 atom stereocenters. The van der Waals surface area contributed by atoms with Crippen LogP contribution in [0.5, 0.6) is 0 Å². The number of alkyl carbamates (subject to hydrolysis) is 1. The molecule has 3 N–H and O–H groups in total. The molecule has 0 aliphatic heterocycles. The van der Waals surface area contributed by atoms with Gasteiger partial charge in [0.25, 0.3) is 21.8 Å². The van der Waals surface area contributed by atoms with Crippen molar-refractivity contribution in [3.63, 3.8) is 0 Å². The molecule has 9 nitrogen and oxygen atoms in total. The van der Waals surface area contributed by atoms with Gasteiger partial charge in [0.1, 0.15) is 5.00 Å². The number of amides is 3. The standard InChI is InChI=1S/C21H19N3O6S2/c1-2-30-21(27)23-19(26)17-12-13-31-20(17)22-18(25)14-8-10-15(11-9-14)24-32(28,29)16-6-4-3-5-7-16/h3-13,24H,2H2,1H3,(H,22,25)(H,23,26,27). The summed E-state index contributed by atoms with van der Waals surface area (Å²) < 4.78 is 31.9. The average molecular weight is 474 g/mol. The monoisotopic (exact) mass is 473 g/mol. The molecule has 3 aromatic rings. The van der Waals surface area contributed by atoms with Crippen LogP contribution in [0.1, 0.15) is 27.6 Å². The van der Waals surface area contributed by atoms with Crippen molar-refractivity contribution in [1.82, 2.24) is 5.32 Å². The van der Waals surface area contributed by atoms with Gasteiger partial charge in [-0.15, -0.1) is 11.3 Å². The van der Waals surface area contributed by atoms with E-state index >= 15 is 0 Å². The number of carbonyl (C=O) groups excluding carboxylic acids is 3. The van der Waals surface area contributed by atoms with Gasteiger partial charge in [-0.3, -0.25) is 19.6 Å². The Kier molecular flexibility index (Phi) is 7.23. The van der Waals surface area contributed by atoms with Crippen LogP contribution in [0.25, 0.3) is 0 Å². The van der Waals surface area contributed by atoms with E-state index < -0.39 is 27.9 Å². The van der Waals surface area contributed by atoms with Crippen LogP contribution >= 0.6 is 11.3 Å². The first kappa shape index (κ1) is 23.0. The van der Waals surface area contributed by atoms with Gasteiger partial charge in [-0.05, 0) is 54.8 Å². The van der Waals surface area contributed by atoms with Crippen molar-refractivity contribution >= 4 is 50.0 Å². The maximum Gasteiger partial charge on any atom is 0.414 e. The number of sulfonamides is 1. The van der Waals surface area contributed by atoms with E-state index in [1.54, 1.807) is 30.5 Å². The van der Waals surface area contributed by atoms with Gasteiger partial charge in [0.05, 0.1) is 17.1 Å². The molecule has 1 aromatic heterocycles. The third-order valence-electron chi connectivity index (χ3n) is 4.08. The maximum atomic E-state index is 12.6. The lowest BCUT2D eigenvalue weighted by Crippen LogP contribution is -2.31. The van der Waals surface area contributed by atoms with Crippen molar-refractivity contribution in [2.75, 3.05) is 16.6 Å². The lowest BCUT2D eigenvalue weighted by atomic mass is 10.2. The molecule has 0 aliphatic rings. The van der Waals surface area contributed by atoms with Gasteiger partial charge in [0, 0.05) is 11.3 Å². The summed E-state index contributed by atoms with van der Waals surface area (Å²) in [6, 6.07) is 15.2. The molecule has 0 bridgehead atoms. The van der Waals surface area contributed by atoms with Crippen molar-refractivity contribution in [2.45, 2.75) is 11.8 Å². The molecule has 1 heterocycles. The summed E-state index contributed by atoms with van der Waals surface area (Å²) in [5, 5.41) is 6.53. The fraction of sp³-hybridized carbons (Fsp3) is 0.0952. The molecule has 0 saturated carbocycles. The molecule has 0 radical (unpaired) electrons. The summed E-state index contributed by atoms with van der Waals surface area (Å²) >= 11 is 1.11. The van der Waals surface area contributed by atoms with E-state index in [1.807, 2.05) is 0 Å². The van der Waals surface area contributed by atoms with Gasteiger partial charge < -0.3 is 10.1 Å². The third kappa shape index (κ3) is 5.71. The second-order valence-electron chi connectivity index (χ2n) is 6.29. The highest BCUT2D eigenvalue weighted by Gasteiger charge is 2.19. The van der Waals surface area contributed by atoms with E-state index in [0.29, 0.717) is 0 Å². The summed E-state index contributed by atoms with van der Waals surface area (Å²) in [6.45, 7) is 1.72. The molecule has 0 spiro atoms. The quantitative estimate of drug-likeness (QED) is 0.480. The largest absolute Gasteiger partial charge is 0.450 e. The molecular formula is C21H19N3O6S2. The van der Waals surface area contributed by atoms with E-state index in [4.69, 9.17) is 0 Å². The Morgan fingerprint density at radius 3 is 2.28 bits per heavy atom. The summed E-state index contributed by atoms with van der Waals surface area (Å²) in [6.07, 6.45) is -0.880. The number of ether oxygens (including phenoxy) is 1. The fourth-order valence-electron chi connectivity index (χ4n) is 2.59. The molecule has 32 heavy (non-hydrogen) atoms. The third-order valence-corrected chi connectivity index (χ3v) is 6.31. The summed E-state index contributed by atoms with van der Waals surface area (Å²) in [5.74, 6) is -1.21. The highest BCUT2D eigenvalue weighted by molar-refractivity contribution is 7.92. The molecule has 0 unspecified atom stereocenters. The van der Waals surface area contributed by atoms with Gasteiger partial charge in [-0.1, -0.05) is 18.2 Å². The van der Waals surface area contributed by atoms with Gasteiger partial charge >= 0.3 is 6.09 Å². The van der Waals surface area contributed by atoms with Gasteiger partial charge in [-0.2, -0.15) is 0 Å². The van der Waals surface area contributed by atoms with E-state index in [0.717, 1.165) is 11.3 Å². The average Bonchev–Trinajstić information content (AvgIpc) is 3.23. The van der Waals surface area contributed by atoms with Gasteiger partial charge in [-0.25, -0.2) is 13.2 Å². The lowest BCUT2D eigenvalue weighted by Gasteiger charge is -2.09. The summed E-state index contributed by atoms with van der Waals surface area (Å²) in [5.41, 5.74) is 0.650. The van der Waals surface area contributed by atoms with Crippen LogP contribution in [0.15, 0.2) is 70.9 Å². The minimum Gasteiger partial charge on any atom is -0.450 e. The number of thiophene rings is 1. The SMILES string of the molecule is CCOC(=O)NC(=O)c1ccsc1NC(=O)c1ccc(NS(=O)(=O)c2ccccc2)cc1. The summed E-state index contributed by atoms with van der Waals surface area (Å²) in [7, 11) is -3.75. The Hall–Kier alpha value is -3.70. The predicted molar refractivity (Wildman–Crippen MR) is 120 cm³/mol. The minimum absolute atomic E-state index is 0.114. The Bertz CT molecular complexity index is 1220. The number of benzene rings is 2. The minimum atomic E-state index is -3.75. The first-order valence-corrected chi connectivity index (χ1v) is 11.7. The molecule has 3 amide bonds.